The Hall–Kier alpha value is -2.11. The van der Waals surface area contributed by atoms with Gasteiger partial charge >= 0.3 is 6.03 Å². The highest BCUT2D eigenvalue weighted by atomic mass is 35.5. The van der Waals surface area contributed by atoms with Crippen molar-refractivity contribution in [3.63, 3.8) is 0 Å². The number of amides is 2. The lowest BCUT2D eigenvalue weighted by Gasteiger charge is -2.38. The number of aryl methyl sites for hydroxylation is 1. The van der Waals surface area contributed by atoms with Gasteiger partial charge in [0.1, 0.15) is 5.82 Å². The molecular formula is C19H20ClFN2O2. The topological polar surface area (TPSA) is 52.6 Å². The average Bonchev–Trinajstić information content (AvgIpc) is 2.54. The summed E-state index contributed by atoms with van der Waals surface area (Å²) in [5, 5.41) is 13.8. The van der Waals surface area contributed by atoms with Crippen LogP contribution in [0.2, 0.25) is 5.02 Å². The van der Waals surface area contributed by atoms with Gasteiger partial charge in [-0.3, -0.25) is 0 Å². The van der Waals surface area contributed by atoms with Gasteiger partial charge < -0.3 is 15.3 Å². The fourth-order valence-corrected chi connectivity index (χ4v) is 3.35. The molecule has 0 unspecified atom stereocenters. The van der Waals surface area contributed by atoms with E-state index in [2.05, 4.69) is 5.32 Å². The number of hydrogen-bond acceptors (Lipinski definition) is 2. The number of benzene rings is 2. The maximum atomic E-state index is 13.4. The molecule has 1 saturated heterocycles. The summed E-state index contributed by atoms with van der Waals surface area (Å²) in [6.07, 6.45) is 0.904. The van der Waals surface area contributed by atoms with Crippen LogP contribution >= 0.6 is 11.6 Å². The smallest absolute Gasteiger partial charge is 0.321 e. The van der Waals surface area contributed by atoms with E-state index in [1.165, 1.54) is 18.2 Å². The normalized spacial score (nSPS) is 16.6. The number of rotatable bonds is 2. The van der Waals surface area contributed by atoms with E-state index >= 15 is 0 Å². The Morgan fingerprint density at radius 3 is 2.60 bits per heavy atom. The van der Waals surface area contributed by atoms with E-state index < -0.39 is 11.4 Å². The number of halogens is 2. The largest absolute Gasteiger partial charge is 0.385 e. The van der Waals surface area contributed by atoms with E-state index in [4.69, 9.17) is 11.6 Å². The van der Waals surface area contributed by atoms with E-state index in [1.807, 2.05) is 31.2 Å². The van der Waals surface area contributed by atoms with Gasteiger partial charge in [-0.15, -0.1) is 0 Å². The molecule has 1 heterocycles. The maximum absolute atomic E-state index is 13.4. The summed E-state index contributed by atoms with van der Waals surface area (Å²) in [5.41, 5.74) is 1.36. The molecule has 1 aliphatic rings. The second-order valence-corrected chi connectivity index (χ2v) is 6.91. The number of nitrogens with one attached hydrogen (secondary N) is 1. The number of urea groups is 1. The minimum absolute atomic E-state index is 0.225. The van der Waals surface area contributed by atoms with Gasteiger partial charge in [-0.05, 0) is 43.5 Å². The van der Waals surface area contributed by atoms with Gasteiger partial charge in [0.05, 0.1) is 5.60 Å². The first-order valence-corrected chi connectivity index (χ1v) is 8.55. The molecule has 2 N–H and O–H groups in total. The van der Waals surface area contributed by atoms with E-state index in [9.17, 15) is 14.3 Å². The van der Waals surface area contributed by atoms with Gasteiger partial charge in [-0.1, -0.05) is 41.4 Å². The minimum atomic E-state index is -0.926. The second kappa shape index (κ2) is 7.02. The highest BCUT2D eigenvalue weighted by Crippen LogP contribution is 2.33. The predicted octanol–water partition coefficient (Wildman–Crippen LogP) is 4.30. The van der Waals surface area contributed by atoms with Crippen molar-refractivity contribution in [3.05, 3.63) is 64.4 Å². The van der Waals surface area contributed by atoms with Crippen molar-refractivity contribution < 1.29 is 14.3 Å². The zero-order chi connectivity index (χ0) is 18.0. The molecule has 2 aromatic rings. The van der Waals surface area contributed by atoms with Gasteiger partial charge in [0.2, 0.25) is 0 Å². The molecule has 6 heteroatoms. The van der Waals surface area contributed by atoms with Crippen molar-refractivity contribution in [2.75, 3.05) is 18.4 Å². The van der Waals surface area contributed by atoms with E-state index in [1.54, 1.807) is 4.90 Å². The van der Waals surface area contributed by atoms with Crippen LogP contribution in [-0.4, -0.2) is 29.1 Å². The Bertz CT molecular complexity index is 768. The van der Waals surface area contributed by atoms with Gasteiger partial charge in [-0.2, -0.15) is 0 Å². The monoisotopic (exact) mass is 362 g/mol. The number of nitrogens with zero attached hydrogens (tertiary/aromatic N) is 1. The first-order valence-electron chi connectivity index (χ1n) is 8.17. The summed E-state index contributed by atoms with van der Waals surface area (Å²) in [7, 11) is 0. The first-order chi connectivity index (χ1) is 11.9. The predicted molar refractivity (Wildman–Crippen MR) is 96.3 cm³/mol. The second-order valence-electron chi connectivity index (χ2n) is 6.48. The molecule has 1 fully saturated rings. The molecule has 25 heavy (non-hydrogen) atoms. The van der Waals surface area contributed by atoms with E-state index in [0.717, 1.165) is 11.1 Å². The van der Waals surface area contributed by atoms with Crippen LogP contribution in [-0.2, 0) is 5.60 Å². The quantitative estimate of drug-likeness (QED) is 0.836. The summed E-state index contributed by atoms with van der Waals surface area (Å²) in [6, 6.07) is 11.4. The molecule has 0 aromatic heterocycles. The summed E-state index contributed by atoms with van der Waals surface area (Å²) in [6.45, 7) is 2.82. The Labute approximate surface area is 151 Å². The maximum Gasteiger partial charge on any atom is 0.321 e. The zero-order valence-corrected chi connectivity index (χ0v) is 14.7. The molecule has 0 saturated carbocycles. The van der Waals surface area contributed by atoms with E-state index in [0.29, 0.717) is 31.6 Å². The standard InChI is InChI=1S/C19H20ClFN2O2/c1-13-3-2-4-14(9-13)19(25)5-7-23(8-6-19)18(24)22-17-11-15(20)10-16(21)12-17/h2-4,9-12,25H,5-8H2,1H3,(H,22,24). The van der Waals surface area contributed by atoms with Crippen molar-refractivity contribution >= 4 is 23.3 Å². The molecule has 4 nitrogen and oxygen atoms in total. The Balaban J connectivity index is 1.64. The van der Waals surface area contributed by atoms with Crippen LogP contribution in [0.3, 0.4) is 0 Å². The van der Waals surface area contributed by atoms with Crippen LogP contribution in [0.5, 0.6) is 0 Å². The number of likely N-dealkylation sites (tertiary alicyclic amines) is 1. The Kier molecular flexibility index (Phi) is 4.97. The summed E-state index contributed by atoms with van der Waals surface area (Å²) in [4.78, 5) is 14.0. The van der Waals surface area contributed by atoms with Gasteiger partial charge in [0.15, 0.2) is 0 Å². The van der Waals surface area contributed by atoms with Crippen LogP contribution < -0.4 is 5.32 Å². The van der Waals surface area contributed by atoms with Crippen LogP contribution in [0.4, 0.5) is 14.9 Å². The van der Waals surface area contributed by atoms with Crippen molar-refractivity contribution in [1.82, 2.24) is 4.90 Å². The Morgan fingerprint density at radius 1 is 1.24 bits per heavy atom. The highest BCUT2D eigenvalue weighted by molar-refractivity contribution is 6.30. The number of aliphatic hydroxyl groups is 1. The number of anilines is 1. The summed E-state index contributed by atoms with van der Waals surface area (Å²) >= 11 is 5.80. The van der Waals surface area contributed by atoms with Crippen LogP contribution in [0.1, 0.15) is 24.0 Å². The van der Waals surface area contributed by atoms with Crippen LogP contribution in [0.15, 0.2) is 42.5 Å². The minimum Gasteiger partial charge on any atom is -0.385 e. The molecule has 0 atom stereocenters. The molecule has 132 valence electrons. The van der Waals surface area contributed by atoms with Crippen LogP contribution in [0, 0.1) is 12.7 Å². The third-order valence-electron chi connectivity index (χ3n) is 4.55. The summed E-state index contributed by atoms with van der Waals surface area (Å²) in [5.74, 6) is -0.504. The Morgan fingerprint density at radius 2 is 1.96 bits per heavy atom. The lowest BCUT2D eigenvalue weighted by Crippen LogP contribution is -2.46. The molecule has 0 radical (unpaired) electrons. The molecule has 0 bridgehead atoms. The zero-order valence-electron chi connectivity index (χ0n) is 13.9. The molecule has 2 aromatic carbocycles. The average molecular weight is 363 g/mol. The molecular weight excluding hydrogens is 343 g/mol. The number of carbonyl (C=O) groups is 1. The SMILES string of the molecule is Cc1cccc(C2(O)CCN(C(=O)Nc3cc(F)cc(Cl)c3)CC2)c1. The van der Waals surface area contributed by atoms with Crippen molar-refractivity contribution in [3.8, 4) is 0 Å². The third-order valence-corrected chi connectivity index (χ3v) is 4.77. The fourth-order valence-electron chi connectivity index (χ4n) is 3.13. The number of carbonyl (C=O) groups excluding carboxylic acids is 1. The fraction of sp³-hybridized carbons (Fsp3) is 0.316. The van der Waals surface area contributed by atoms with Gasteiger partial charge in [0, 0.05) is 23.8 Å². The van der Waals surface area contributed by atoms with Crippen molar-refractivity contribution in [2.45, 2.75) is 25.4 Å². The lowest BCUT2D eigenvalue weighted by atomic mass is 9.84. The van der Waals surface area contributed by atoms with Gasteiger partial charge in [0.25, 0.3) is 0 Å². The molecule has 0 spiro atoms. The van der Waals surface area contributed by atoms with Crippen molar-refractivity contribution in [2.24, 2.45) is 0 Å². The third kappa shape index (κ3) is 4.11. The first kappa shape index (κ1) is 17.7. The van der Waals surface area contributed by atoms with Gasteiger partial charge in [-0.25, -0.2) is 9.18 Å². The summed E-state index contributed by atoms with van der Waals surface area (Å²) < 4.78 is 13.4. The van der Waals surface area contributed by atoms with E-state index in [-0.39, 0.29) is 11.1 Å². The molecule has 0 aliphatic carbocycles. The molecule has 1 aliphatic heterocycles. The highest BCUT2D eigenvalue weighted by Gasteiger charge is 2.35. The molecule has 2 amide bonds. The lowest BCUT2D eigenvalue weighted by molar-refractivity contribution is -0.0157. The number of hydrogen-bond donors (Lipinski definition) is 2. The van der Waals surface area contributed by atoms with Crippen LogP contribution in [0.25, 0.3) is 0 Å². The molecule has 3 rings (SSSR count). The number of piperidine rings is 1. The van der Waals surface area contributed by atoms with Crippen molar-refractivity contribution in [1.29, 1.82) is 0 Å².